The van der Waals surface area contributed by atoms with Crippen molar-refractivity contribution in [2.24, 2.45) is 0 Å². The largest absolute Gasteiger partial charge is 0.493 e. The molecule has 1 aliphatic rings. The third-order valence-corrected chi connectivity index (χ3v) is 2.19. The summed E-state index contributed by atoms with van der Waals surface area (Å²) in [6.45, 7) is 1.14. The lowest BCUT2D eigenvalue weighted by Crippen LogP contribution is -2.05. The van der Waals surface area contributed by atoms with Gasteiger partial charge < -0.3 is 14.2 Å². The number of hydrogen-bond donors (Lipinski definition) is 0. The van der Waals surface area contributed by atoms with Crippen LogP contribution in [0, 0.1) is 10.1 Å². The fourth-order valence-electron chi connectivity index (χ4n) is 1.24. The van der Waals surface area contributed by atoms with Gasteiger partial charge in [0, 0.05) is 6.07 Å². The quantitative estimate of drug-likeness (QED) is 0.430. The molecule has 0 amide bonds. The Kier molecular flexibility index (Phi) is 2.91. The molecule has 0 aromatic heterocycles. The van der Waals surface area contributed by atoms with Gasteiger partial charge in [0.15, 0.2) is 11.5 Å². The summed E-state index contributed by atoms with van der Waals surface area (Å²) < 4.78 is 15.4. The molecule has 0 N–H and O–H groups in total. The minimum atomic E-state index is -0.476. The summed E-state index contributed by atoms with van der Waals surface area (Å²) in [5.74, 6) is 0.846. The molecule has 0 aliphatic carbocycles. The van der Waals surface area contributed by atoms with Gasteiger partial charge in [0.25, 0.3) is 5.69 Å². The van der Waals surface area contributed by atoms with E-state index in [4.69, 9.17) is 14.2 Å². The molecule has 0 unspecified atom stereocenters. The van der Waals surface area contributed by atoms with Crippen LogP contribution in [-0.2, 0) is 4.74 Å². The number of nitro groups is 1. The van der Waals surface area contributed by atoms with E-state index in [2.05, 4.69) is 0 Å². The highest BCUT2D eigenvalue weighted by atomic mass is 16.6. The summed E-state index contributed by atoms with van der Waals surface area (Å²) in [6, 6.07) is 4.24. The number of rotatable bonds is 5. The van der Waals surface area contributed by atoms with E-state index >= 15 is 0 Å². The van der Waals surface area contributed by atoms with Crippen molar-refractivity contribution in [2.45, 2.75) is 6.10 Å². The third kappa shape index (κ3) is 2.40. The Morgan fingerprint density at radius 2 is 2.31 bits per heavy atom. The Balaban J connectivity index is 2.12. The fourth-order valence-corrected chi connectivity index (χ4v) is 1.24. The summed E-state index contributed by atoms with van der Waals surface area (Å²) in [6.07, 6.45) is 0.139. The maximum atomic E-state index is 10.5. The lowest BCUT2D eigenvalue weighted by atomic mass is 10.3. The maximum Gasteiger partial charge on any atom is 0.273 e. The molecule has 1 aromatic rings. The standard InChI is InChI=1S/C10H11NO5/c1-14-10-4-7(11(12)13)2-3-9(10)16-6-8-5-15-8/h2-4,8H,5-6H2,1H3/t8-/m1/s1. The second-order valence-electron chi connectivity index (χ2n) is 3.36. The number of ether oxygens (including phenoxy) is 3. The van der Waals surface area contributed by atoms with Crippen LogP contribution >= 0.6 is 0 Å². The van der Waals surface area contributed by atoms with Crippen LogP contribution in [0.25, 0.3) is 0 Å². The molecule has 2 rings (SSSR count). The van der Waals surface area contributed by atoms with E-state index in [0.29, 0.717) is 24.7 Å². The van der Waals surface area contributed by atoms with Gasteiger partial charge in [0.05, 0.1) is 24.7 Å². The van der Waals surface area contributed by atoms with Crippen molar-refractivity contribution >= 4 is 5.69 Å². The van der Waals surface area contributed by atoms with Crippen LogP contribution in [0.15, 0.2) is 18.2 Å². The first kappa shape index (κ1) is 10.7. The maximum absolute atomic E-state index is 10.5. The number of nitro benzene ring substituents is 1. The molecule has 1 atom stereocenters. The molecule has 0 spiro atoms. The summed E-state index contributed by atoms with van der Waals surface area (Å²) in [4.78, 5) is 10.1. The highest BCUT2D eigenvalue weighted by molar-refractivity contribution is 5.48. The smallest absolute Gasteiger partial charge is 0.273 e. The lowest BCUT2D eigenvalue weighted by Gasteiger charge is -2.08. The van der Waals surface area contributed by atoms with Gasteiger partial charge in [-0.05, 0) is 6.07 Å². The van der Waals surface area contributed by atoms with Crippen LogP contribution in [0.3, 0.4) is 0 Å². The number of methoxy groups -OCH3 is 1. The monoisotopic (exact) mass is 225 g/mol. The van der Waals surface area contributed by atoms with E-state index < -0.39 is 4.92 Å². The molecule has 6 nitrogen and oxygen atoms in total. The van der Waals surface area contributed by atoms with E-state index in [0.717, 1.165) is 0 Å². The number of non-ortho nitro benzene ring substituents is 1. The number of hydrogen-bond acceptors (Lipinski definition) is 5. The minimum Gasteiger partial charge on any atom is -0.493 e. The third-order valence-electron chi connectivity index (χ3n) is 2.19. The van der Waals surface area contributed by atoms with E-state index in [1.807, 2.05) is 0 Å². The Bertz CT molecular complexity index is 402. The van der Waals surface area contributed by atoms with Crippen molar-refractivity contribution in [3.8, 4) is 11.5 Å². The Hall–Kier alpha value is -1.82. The molecule has 6 heteroatoms. The van der Waals surface area contributed by atoms with Crippen molar-refractivity contribution in [3.63, 3.8) is 0 Å². The topological polar surface area (TPSA) is 74.1 Å². The molecule has 86 valence electrons. The summed E-state index contributed by atoms with van der Waals surface area (Å²) in [5.41, 5.74) is -0.0214. The normalized spacial score (nSPS) is 17.9. The van der Waals surface area contributed by atoms with Crippen molar-refractivity contribution in [3.05, 3.63) is 28.3 Å². The van der Waals surface area contributed by atoms with E-state index in [-0.39, 0.29) is 11.8 Å². The summed E-state index contributed by atoms with van der Waals surface area (Å²) in [7, 11) is 1.44. The zero-order chi connectivity index (χ0) is 11.5. The predicted molar refractivity (Wildman–Crippen MR) is 54.9 cm³/mol. The molecule has 1 fully saturated rings. The average molecular weight is 225 g/mol. The van der Waals surface area contributed by atoms with Gasteiger partial charge in [-0.25, -0.2) is 0 Å². The van der Waals surface area contributed by atoms with Gasteiger partial charge in [-0.2, -0.15) is 0 Å². The molecule has 16 heavy (non-hydrogen) atoms. The van der Waals surface area contributed by atoms with Gasteiger partial charge in [0.2, 0.25) is 0 Å². The summed E-state index contributed by atoms with van der Waals surface area (Å²) >= 11 is 0. The molecular formula is C10H11NO5. The van der Waals surface area contributed by atoms with Gasteiger partial charge in [-0.15, -0.1) is 0 Å². The van der Waals surface area contributed by atoms with Crippen molar-refractivity contribution in [2.75, 3.05) is 20.3 Å². The van der Waals surface area contributed by atoms with Crippen LogP contribution in [0.4, 0.5) is 5.69 Å². The van der Waals surface area contributed by atoms with Gasteiger partial charge >= 0.3 is 0 Å². The molecule has 1 aromatic carbocycles. The summed E-state index contributed by atoms with van der Waals surface area (Å²) in [5, 5.41) is 10.5. The zero-order valence-corrected chi connectivity index (χ0v) is 8.71. The SMILES string of the molecule is COc1cc([N+](=O)[O-])ccc1OC[C@H]1CO1. The highest BCUT2D eigenvalue weighted by Gasteiger charge is 2.24. The second-order valence-corrected chi connectivity index (χ2v) is 3.36. The second kappa shape index (κ2) is 4.36. The highest BCUT2D eigenvalue weighted by Crippen LogP contribution is 2.31. The fraction of sp³-hybridized carbons (Fsp3) is 0.400. The predicted octanol–water partition coefficient (Wildman–Crippen LogP) is 1.38. The molecule has 1 heterocycles. The van der Waals surface area contributed by atoms with E-state index in [9.17, 15) is 10.1 Å². The number of nitrogens with zero attached hydrogens (tertiary/aromatic N) is 1. The number of benzene rings is 1. The van der Waals surface area contributed by atoms with Crippen LogP contribution in [0.1, 0.15) is 0 Å². The first-order valence-corrected chi connectivity index (χ1v) is 4.77. The Labute approximate surface area is 91.9 Å². The first-order chi connectivity index (χ1) is 7.70. The average Bonchev–Trinajstić information content (AvgIpc) is 3.09. The van der Waals surface area contributed by atoms with Crippen molar-refractivity contribution < 1.29 is 19.1 Å². The first-order valence-electron chi connectivity index (χ1n) is 4.77. The Morgan fingerprint density at radius 1 is 1.56 bits per heavy atom. The zero-order valence-electron chi connectivity index (χ0n) is 8.71. The molecule has 0 radical (unpaired) electrons. The van der Waals surface area contributed by atoms with Gasteiger partial charge in [-0.3, -0.25) is 10.1 Å². The van der Waals surface area contributed by atoms with Crippen molar-refractivity contribution in [1.29, 1.82) is 0 Å². The molecule has 0 bridgehead atoms. The molecular weight excluding hydrogens is 214 g/mol. The van der Waals surface area contributed by atoms with E-state index in [1.54, 1.807) is 0 Å². The number of epoxide rings is 1. The van der Waals surface area contributed by atoms with E-state index in [1.165, 1.54) is 25.3 Å². The lowest BCUT2D eigenvalue weighted by molar-refractivity contribution is -0.384. The molecule has 0 saturated carbocycles. The van der Waals surface area contributed by atoms with Gasteiger partial charge in [-0.1, -0.05) is 0 Å². The van der Waals surface area contributed by atoms with Crippen LogP contribution in [0.2, 0.25) is 0 Å². The minimum absolute atomic E-state index is 0.0214. The van der Waals surface area contributed by atoms with Crippen LogP contribution < -0.4 is 9.47 Å². The van der Waals surface area contributed by atoms with Gasteiger partial charge in [0.1, 0.15) is 12.7 Å². The molecule has 1 aliphatic heterocycles. The molecule has 1 saturated heterocycles. The van der Waals surface area contributed by atoms with Crippen LogP contribution in [-0.4, -0.2) is 31.4 Å². The van der Waals surface area contributed by atoms with Crippen LogP contribution in [0.5, 0.6) is 11.5 Å². The Morgan fingerprint density at radius 3 is 2.88 bits per heavy atom. The van der Waals surface area contributed by atoms with Crippen molar-refractivity contribution in [1.82, 2.24) is 0 Å².